The minimum absolute atomic E-state index is 0.0190. The highest BCUT2D eigenvalue weighted by Crippen LogP contribution is 2.16. The number of carbonyl (C=O) groups is 1. The minimum Gasteiger partial charge on any atom is -0.508 e. The number of benzene rings is 1. The average molecular weight is 277 g/mol. The maximum atomic E-state index is 11.8. The van der Waals surface area contributed by atoms with Crippen LogP contribution in [0.3, 0.4) is 0 Å². The molecule has 1 aromatic carbocycles. The maximum absolute atomic E-state index is 11.8. The van der Waals surface area contributed by atoms with Crippen molar-refractivity contribution < 1.29 is 27.8 Å². The van der Waals surface area contributed by atoms with Crippen LogP contribution >= 0.6 is 0 Å². The van der Waals surface area contributed by atoms with Crippen LogP contribution in [0.2, 0.25) is 0 Å². The van der Waals surface area contributed by atoms with Gasteiger partial charge in [0.15, 0.2) is 0 Å². The Morgan fingerprint density at radius 1 is 1.42 bits per heavy atom. The van der Waals surface area contributed by atoms with Gasteiger partial charge < -0.3 is 15.2 Å². The first-order valence-corrected chi connectivity index (χ1v) is 5.52. The molecule has 1 aromatic rings. The minimum atomic E-state index is -4.36. The smallest absolute Gasteiger partial charge is 0.411 e. The van der Waals surface area contributed by atoms with E-state index in [-0.39, 0.29) is 18.9 Å². The average Bonchev–Trinajstić information content (AvgIpc) is 2.30. The predicted octanol–water partition coefficient (Wildman–Crippen LogP) is 2.01. The summed E-state index contributed by atoms with van der Waals surface area (Å²) >= 11 is 0. The Kier molecular flexibility index (Phi) is 5.17. The molecule has 0 saturated heterocycles. The third-order valence-corrected chi connectivity index (χ3v) is 2.26. The molecule has 0 radical (unpaired) electrons. The van der Waals surface area contributed by atoms with Gasteiger partial charge in [-0.15, -0.1) is 0 Å². The summed E-state index contributed by atoms with van der Waals surface area (Å²) in [5.74, 6) is -0.358. The summed E-state index contributed by atoms with van der Waals surface area (Å²) in [7, 11) is 0. The number of aromatic hydroxyl groups is 1. The van der Waals surface area contributed by atoms with E-state index in [1.165, 1.54) is 18.2 Å². The van der Waals surface area contributed by atoms with Gasteiger partial charge in [0.2, 0.25) is 0 Å². The summed E-state index contributed by atoms with van der Waals surface area (Å²) in [5.41, 5.74) is 0.868. The lowest BCUT2D eigenvalue weighted by Gasteiger charge is -2.09. The summed E-state index contributed by atoms with van der Waals surface area (Å²) in [5, 5.41) is 11.7. The Labute approximate surface area is 108 Å². The Bertz CT molecular complexity index is 446. The van der Waals surface area contributed by atoms with E-state index < -0.39 is 18.7 Å². The van der Waals surface area contributed by atoms with Gasteiger partial charge in [0.25, 0.3) is 5.91 Å². The molecular weight excluding hydrogens is 263 g/mol. The van der Waals surface area contributed by atoms with Gasteiger partial charge in [0.1, 0.15) is 12.4 Å². The number of phenols is 1. The van der Waals surface area contributed by atoms with E-state index >= 15 is 0 Å². The fourth-order valence-electron chi connectivity index (χ4n) is 1.32. The molecule has 0 saturated carbocycles. The first-order chi connectivity index (χ1) is 8.79. The van der Waals surface area contributed by atoms with Crippen LogP contribution in [0.5, 0.6) is 5.75 Å². The maximum Gasteiger partial charge on any atom is 0.411 e. The first kappa shape index (κ1) is 15.3. The normalized spacial score (nSPS) is 11.4. The molecule has 0 fully saturated rings. The monoisotopic (exact) mass is 277 g/mol. The Balaban J connectivity index is 2.33. The molecule has 0 aliphatic carbocycles. The standard InChI is InChI=1S/C12H14F3NO3/c1-8-6-9(2-3-10(8)17)11(18)16-4-5-19-7-12(13,14)15/h2-3,6,17H,4-5,7H2,1H3,(H,16,18). The molecule has 0 aromatic heterocycles. The molecule has 1 amide bonds. The van der Waals surface area contributed by atoms with E-state index in [1.54, 1.807) is 6.92 Å². The molecule has 4 nitrogen and oxygen atoms in total. The number of aryl methyl sites for hydroxylation is 1. The molecule has 0 atom stereocenters. The Morgan fingerprint density at radius 3 is 2.68 bits per heavy atom. The van der Waals surface area contributed by atoms with Gasteiger partial charge in [0, 0.05) is 12.1 Å². The van der Waals surface area contributed by atoms with Gasteiger partial charge in [-0.05, 0) is 30.7 Å². The van der Waals surface area contributed by atoms with Crippen LogP contribution in [-0.4, -0.2) is 36.9 Å². The number of alkyl halides is 3. The zero-order valence-electron chi connectivity index (χ0n) is 10.3. The summed E-state index contributed by atoms with van der Waals surface area (Å²) < 4.78 is 39.6. The zero-order valence-corrected chi connectivity index (χ0v) is 10.3. The van der Waals surface area contributed by atoms with Crippen LogP contribution in [0.15, 0.2) is 18.2 Å². The molecule has 0 unspecified atom stereocenters. The molecule has 7 heteroatoms. The van der Waals surface area contributed by atoms with Gasteiger partial charge in [-0.2, -0.15) is 13.2 Å². The van der Waals surface area contributed by atoms with Crippen LogP contribution < -0.4 is 5.32 Å². The predicted molar refractivity (Wildman–Crippen MR) is 62.1 cm³/mol. The Hall–Kier alpha value is -1.76. The van der Waals surface area contributed by atoms with Crippen molar-refractivity contribution in [2.24, 2.45) is 0 Å². The summed E-state index contributed by atoms with van der Waals surface area (Å²) in [6, 6.07) is 4.29. The number of ether oxygens (including phenoxy) is 1. The number of amides is 1. The number of rotatable bonds is 5. The van der Waals surface area contributed by atoms with E-state index in [0.717, 1.165) is 0 Å². The molecule has 106 valence electrons. The first-order valence-electron chi connectivity index (χ1n) is 5.52. The van der Waals surface area contributed by atoms with Gasteiger partial charge in [-0.1, -0.05) is 0 Å². The highest BCUT2D eigenvalue weighted by molar-refractivity contribution is 5.94. The second kappa shape index (κ2) is 6.42. The second-order valence-electron chi connectivity index (χ2n) is 3.92. The number of carbonyl (C=O) groups excluding carboxylic acids is 1. The molecule has 0 spiro atoms. The van der Waals surface area contributed by atoms with Gasteiger partial charge in [0.05, 0.1) is 6.61 Å². The fourth-order valence-corrected chi connectivity index (χ4v) is 1.32. The summed E-state index contributed by atoms with van der Waals surface area (Å²) in [6.07, 6.45) is -4.36. The van der Waals surface area contributed by atoms with Crippen LogP contribution in [0.25, 0.3) is 0 Å². The van der Waals surface area contributed by atoms with Crippen LogP contribution in [-0.2, 0) is 4.74 Å². The molecule has 0 aliphatic rings. The molecule has 19 heavy (non-hydrogen) atoms. The highest BCUT2D eigenvalue weighted by atomic mass is 19.4. The Morgan fingerprint density at radius 2 is 2.11 bits per heavy atom. The SMILES string of the molecule is Cc1cc(C(=O)NCCOCC(F)(F)F)ccc1O. The number of nitrogens with one attached hydrogen (secondary N) is 1. The molecule has 0 bridgehead atoms. The van der Waals surface area contributed by atoms with Gasteiger partial charge in [-0.3, -0.25) is 4.79 Å². The molecule has 0 heterocycles. The van der Waals surface area contributed by atoms with Crippen LogP contribution in [0.4, 0.5) is 13.2 Å². The van der Waals surface area contributed by atoms with Crippen molar-refractivity contribution in [1.29, 1.82) is 0 Å². The molecule has 0 aliphatic heterocycles. The van der Waals surface area contributed by atoms with E-state index in [2.05, 4.69) is 10.1 Å². The van der Waals surface area contributed by atoms with Crippen LogP contribution in [0.1, 0.15) is 15.9 Å². The van der Waals surface area contributed by atoms with Gasteiger partial charge >= 0.3 is 6.18 Å². The van der Waals surface area contributed by atoms with E-state index in [1.807, 2.05) is 0 Å². The van der Waals surface area contributed by atoms with Crippen molar-refractivity contribution in [3.63, 3.8) is 0 Å². The van der Waals surface area contributed by atoms with E-state index in [4.69, 9.17) is 0 Å². The van der Waals surface area contributed by atoms with Crippen molar-refractivity contribution in [3.05, 3.63) is 29.3 Å². The molecule has 1 rings (SSSR count). The highest BCUT2D eigenvalue weighted by Gasteiger charge is 2.27. The van der Waals surface area contributed by atoms with E-state index in [0.29, 0.717) is 11.1 Å². The number of halogens is 3. The van der Waals surface area contributed by atoms with Gasteiger partial charge in [-0.25, -0.2) is 0 Å². The quantitative estimate of drug-likeness (QED) is 0.809. The molecule has 2 N–H and O–H groups in total. The van der Waals surface area contributed by atoms with Crippen molar-refractivity contribution in [3.8, 4) is 5.75 Å². The second-order valence-corrected chi connectivity index (χ2v) is 3.92. The van der Waals surface area contributed by atoms with Crippen molar-refractivity contribution in [2.45, 2.75) is 13.1 Å². The van der Waals surface area contributed by atoms with Crippen molar-refractivity contribution >= 4 is 5.91 Å². The number of hydrogen-bond donors (Lipinski definition) is 2. The topological polar surface area (TPSA) is 58.6 Å². The lowest BCUT2D eigenvalue weighted by atomic mass is 10.1. The lowest BCUT2D eigenvalue weighted by Crippen LogP contribution is -2.28. The third-order valence-electron chi connectivity index (χ3n) is 2.26. The number of phenolic OH excluding ortho intramolecular Hbond substituents is 1. The zero-order chi connectivity index (χ0) is 14.5. The third kappa shape index (κ3) is 5.60. The van der Waals surface area contributed by atoms with Crippen LogP contribution in [0, 0.1) is 6.92 Å². The largest absolute Gasteiger partial charge is 0.508 e. The number of hydrogen-bond acceptors (Lipinski definition) is 3. The summed E-state index contributed by atoms with van der Waals surface area (Å²) in [6.45, 7) is 0.0664. The fraction of sp³-hybridized carbons (Fsp3) is 0.417. The summed E-state index contributed by atoms with van der Waals surface area (Å²) in [4.78, 5) is 11.6. The van der Waals surface area contributed by atoms with Crippen molar-refractivity contribution in [1.82, 2.24) is 5.32 Å². The molecular formula is C12H14F3NO3. The van der Waals surface area contributed by atoms with Crippen molar-refractivity contribution in [2.75, 3.05) is 19.8 Å². The van der Waals surface area contributed by atoms with E-state index in [9.17, 15) is 23.1 Å². The lowest BCUT2D eigenvalue weighted by molar-refractivity contribution is -0.173.